The SMILES string of the molecule is CCOP(=O)(OCC)c1cncnc1Cl. The molecule has 0 aliphatic rings. The lowest BCUT2D eigenvalue weighted by Gasteiger charge is -2.16. The molecule has 0 saturated heterocycles. The van der Waals surface area contributed by atoms with Gasteiger partial charge in [-0.05, 0) is 13.8 Å². The first-order valence-electron chi connectivity index (χ1n) is 4.49. The molecular weight excluding hydrogens is 239 g/mol. The molecule has 5 nitrogen and oxygen atoms in total. The predicted molar refractivity (Wildman–Crippen MR) is 57.5 cm³/mol. The minimum Gasteiger partial charge on any atom is -0.305 e. The Morgan fingerprint density at radius 1 is 1.40 bits per heavy atom. The van der Waals surface area contributed by atoms with Gasteiger partial charge in [0.15, 0.2) is 0 Å². The lowest BCUT2D eigenvalue weighted by atomic mass is 10.7. The van der Waals surface area contributed by atoms with Crippen molar-refractivity contribution in [1.29, 1.82) is 0 Å². The Morgan fingerprint density at radius 3 is 2.47 bits per heavy atom. The summed E-state index contributed by atoms with van der Waals surface area (Å²) in [5, 5.41) is 0.297. The Kier molecular flexibility index (Phi) is 4.67. The van der Waals surface area contributed by atoms with Gasteiger partial charge >= 0.3 is 7.60 Å². The molecule has 15 heavy (non-hydrogen) atoms. The number of hydrogen-bond donors (Lipinski definition) is 0. The summed E-state index contributed by atoms with van der Waals surface area (Å²) in [6.45, 7) is 3.98. The lowest BCUT2D eigenvalue weighted by Crippen LogP contribution is -2.13. The van der Waals surface area contributed by atoms with Crippen molar-refractivity contribution in [3.05, 3.63) is 17.7 Å². The highest BCUT2D eigenvalue weighted by atomic mass is 35.5. The van der Waals surface area contributed by atoms with Crippen molar-refractivity contribution in [3.8, 4) is 0 Å². The Morgan fingerprint density at radius 2 is 2.00 bits per heavy atom. The number of rotatable bonds is 5. The second-order valence-electron chi connectivity index (χ2n) is 2.53. The average Bonchev–Trinajstić information content (AvgIpc) is 2.19. The Balaban J connectivity index is 3.09. The third-order valence-electron chi connectivity index (χ3n) is 1.54. The van der Waals surface area contributed by atoms with Crippen LogP contribution in [-0.2, 0) is 13.6 Å². The van der Waals surface area contributed by atoms with Crippen molar-refractivity contribution < 1.29 is 13.6 Å². The summed E-state index contributed by atoms with van der Waals surface area (Å²) in [6, 6.07) is 0. The molecule has 1 aromatic heterocycles. The van der Waals surface area contributed by atoms with Gasteiger partial charge in [-0.15, -0.1) is 0 Å². The van der Waals surface area contributed by atoms with Crippen LogP contribution in [0.15, 0.2) is 12.5 Å². The van der Waals surface area contributed by atoms with Gasteiger partial charge in [0, 0.05) is 6.20 Å². The molecule has 0 bridgehead atoms. The van der Waals surface area contributed by atoms with E-state index in [9.17, 15) is 4.57 Å². The second-order valence-corrected chi connectivity index (χ2v) is 4.88. The Labute approximate surface area is 93.3 Å². The van der Waals surface area contributed by atoms with Crippen LogP contribution in [0.25, 0.3) is 0 Å². The molecule has 84 valence electrons. The molecule has 0 radical (unpaired) electrons. The van der Waals surface area contributed by atoms with Gasteiger partial charge in [-0.2, -0.15) is 0 Å². The topological polar surface area (TPSA) is 61.3 Å². The van der Waals surface area contributed by atoms with E-state index in [0.29, 0.717) is 0 Å². The van der Waals surface area contributed by atoms with Crippen LogP contribution in [0.4, 0.5) is 0 Å². The maximum atomic E-state index is 12.2. The van der Waals surface area contributed by atoms with E-state index in [1.54, 1.807) is 13.8 Å². The van der Waals surface area contributed by atoms with Crippen LogP contribution in [0.3, 0.4) is 0 Å². The first-order valence-corrected chi connectivity index (χ1v) is 6.41. The highest BCUT2D eigenvalue weighted by molar-refractivity contribution is 7.62. The normalized spacial score (nSPS) is 11.7. The lowest BCUT2D eigenvalue weighted by molar-refractivity contribution is 0.230. The maximum absolute atomic E-state index is 12.2. The van der Waals surface area contributed by atoms with Gasteiger partial charge in [-0.25, -0.2) is 9.97 Å². The van der Waals surface area contributed by atoms with Gasteiger partial charge in [-0.3, -0.25) is 4.57 Å². The van der Waals surface area contributed by atoms with Gasteiger partial charge in [-0.1, -0.05) is 11.6 Å². The van der Waals surface area contributed by atoms with Crippen LogP contribution in [0.2, 0.25) is 5.15 Å². The molecule has 7 heteroatoms. The highest BCUT2D eigenvalue weighted by Gasteiger charge is 2.30. The maximum Gasteiger partial charge on any atom is 0.366 e. The zero-order valence-electron chi connectivity index (χ0n) is 8.51. The number of halogens is 1. The molecule has 0 aliphatic carbocycles. The van der Waals surface area contributed by atoms with Gasteiger partial charge in [0.25, 0.3) is 0 Å². The van der Waals surface area contributed by atoms with Crippen LogP contribution in [0.1, 0.15) is 13.8 Å². The van der Waals surface area contributed by atoms with Gasteiger partial charge < -0.3 is 9.05 Å². The average molecular weight is 251 g/mol. The molecule has 0 aromatic carbocycles. The summed E-state index contributed by atoms with van der Waals surface area (Å²) in [6.07, 6.45) is 2.62. The van der Waals surface area contributed by atoms with Crippen molar-refractivity contribution in [3.63, 3.8) is 0 Å². The van der Waals surface area contributed by atoms with Crippen molar-refractivity contribution in [2.45, 2.75) is 13.8 Å². The molecule has 0 amide bonds. The van der Waals surface area contributed by atoms with E-state index < -0.39 is 7.60 Å². The quantitative estimate of drug-likeness (QED) is 0.591. The van der Waals surface area contributed by atoms with Gasteiger partial charge in [0.2, 0.25) is 0 Å². The van der Waals surface area contributed by atoms with Crippen LogP contribution in [0, 0.1) is 0 Å². The van der Waals surface area contributed by atoms with E-state index in [2.05, 4.69) is 9.97 Å². The van der Waals surface area contributed by atoms with Crippen LogP contribution >= 0.6 is 19.2 Å². The molecule has 0 N–H and O–H groups in total. The molecule has 0 fully saturated rings. The molecule has 1 heterocycles. The van der Waals surface area contributed by atoms with Gasteiger partial charge in [0.05, 0.1) is 13.2 Å². The fourth-order valence-electron chi connectivity index (χ4n) is 1.01. The highest BCUT2D eigenvalue weighted by Crippen LogP contribution is 2.47. The summed E-state index contributed by atoms with van der Waals surface area (Å²) in [7, 11) is -3.37. The molecule has 0 spiro atoms. The second kappa shape index (κ2) is 5.56. The summed E-state index contributed by atoms with van der Waals surface area (Å²) in [5.41, 5.74) is 0. The molecule has 0 aliphatic heterocycles. The Hall–Kier alpha value is -0.480. The third-order valence-corrected chi connectivity index (χ3v) is 4.09. The van der Waals surface area contributed by atoms with Crippen LogP contribution < -0.4 is 5.30 Å². The van der Waals surface area contributed by atoms with Crippen molar-refractivity contribution in [1.82, 2.24) is 9.97 Å². The van der Waals surface area contributed by atoms with Crippen LogP contribution in [-0.4, -0.2) is 23.2 Å². The first-order chi connectivity index (χ1) is 7.14. The Bertz CT molecular complexity index is 365. The van der Waals surface area contributed by atoms with E-state index in [1.807, 2.05) is 0 Å². The zero-order chi connectivity index (χ0) is 11.3. The largest absolute Gasteiger partial charge is 0.366 e. The smallest absolute Gasteiger partial charge is 0.305 e. The summed E-state index contributed by atoms with van der Waals surface area (Å²) in [5.74, 6) is 0. The van der Waals surface area contributed by atoms with Gasteiger partial charge in [0.1, 0.15) is 16.8 Å². The fourth-order valence-corrected chi connectivity index (χ4v) is 2.93. The molecule has 0 atom stereocenters. The third kappa shape index (κ3) is 2.98. The number of nitrogens with zero attached hydrogens (tertiary/aromatic N) is 2. The minimum atomic E-state index is -3.37. The predicted octanol–water partition coefficient (Wildman–Crippen LogP) is 2.02. The van der Waals surface area contributed by atoms with E-state index in [1.165, 1.54) is 12.5 Å². The fraction of sp³-hybridized carbons (Fsp3) is 0.500. The first kappa shape index (κ1) is 12.6. The molecular formula is C8H12ClN2O3P. The molecule has 0 saturated carbocycles. The summed E-state index contributed by atoms with van der Waals surface area (Å²) < 4.78 is 22.4. The van der Waals surface area contributed by atoms with E-state index in [-0.39, 0.29) is 23.7 Å². The van der Waals surface area contributed by atoms with Crippen molar-refractivity contribution >= 4 is 24.5 Å². The standard InChI is InChI=1S/C8H12ClN2O3P/c1-3-13-15(12,14-4-2)7-5-10-6-11-8(7)9/h5-6H,3-4H2,1-2H3. The minimum absolute atomic E-state index is 0.0928. The molecule has 1 aromatic rings. The number of aromatic nitrogens is 2. The summed E-state index contributed by atoms with van der Waals surface area (Å²) in [4.78, 5) is 7.48. The van der Waals surface area contributed by atoms with Crippen LogP contribution in [0.5, 0.6) is 0 Å². The monoisotopic (exact) mass is 250 g/mol. The number of hydrogen-bond acceptors (Lipinski definition) is 5. The molecule has 1 rings (SSSR count). The summed E-state index contributed by atoms with van der Waals surface area (Å²) >= 11 is 5.80. The molecule has 0 unspecified atom stereocenters. The zero-order valence-corrected chi connectivity index (χ0v) is 10.2. The van der Waals surface area contributed by atoms with E-state index in [0.717, 1.165) is 0 Å². The van der Waals surface area contributed by atoms with Crippen molar-refractivity contribution in [2.24, 2.45) is 0 Å². The van der Waals surface area contributed by atoms with E-state index in [4.69, 9.17) is 20.6 Å². The van der Waals surface area contributed by atoms with Crippen molar-refractivity contribution in [2.75, 3.05) is 13.2 Å². The van der Waals surface area contributed by atoms with E-state index >= 15 is 0 Å².